The second kappa shape index (κ2) is 4.52. The maximum Gasteiger partial charge on any atom is 0.273 e. The third-order valence-corrected chi connectivity index (χ3v) is 5.76. The molecule has 2 aromatic rings. The summed E-state index contributed by atoms with van der Waals surface area (Å²) in [6.07, 6.45) is 1.53. The lowest BCUT2D eigenvalue weighted by atomic mass is 10.5. The van der Waals surface area contributed by atoms with Gasteiger partial charge in [-0.15, -0.1) is 11.3 Å². The lowest BCUT2D eigenvalue weighted by molar-refractivity contribution is 0.602. The third-order valence-electron chi connectivity index (χ3n) is 1.73. The third kappa shape index (κ3) is 2.42. The van der Waals surface area contributed by atoms with Crippen LogP contribution in [0.15, 0.2) is 44.5 Å². The first-order chi connectivity index (χ1) is 7.59. The van der Waals surface area contributed by atoms with E-state index in [9.17, 15) is 8.42 Å². The van der Waals surface area contributed by atoms with E-state index < -0.39 is 10.0 Å². The number of thiophene rings is 1. The van der Waals surface area contributed by atoms with Gasteiger partial charge in [-0.05, 0) is 39.5 Å². The van der Waals surface area contributed by atoms with E-state index >= 15 is 0 Å². The minimum absolute atomic E-state index is 0.248. The van der Waals surface area contributed by atoms with Gasteiger partial charge in [0.25, 0.3) is 10.0 Å². The van der Waals surface area contributed by atoms with Crippen LogP contribution in [-0.4, -0.2) is 13.4 Å². The SMILES string of the molecule is O=S(=O)(Nc1ccccn1)c1sccc1Br. The highest BCUT2D eigenvalue weighted by Gasteiger charge is 2.19. The number of anilines is 1. The molecule has 2 rings (SSSR count). The number of aromatic nitrogens is 1. The van der Waals surface area contributed by atoms with Crippen LogP contribution in [0, 0.1) is 0 Å². The van der Waals surface area contributed by atoms with Crippen molar-refractivity contribution in [2.24, 2.45) is 0 Å². The molecule has 7 heteroatoms. The number of hydrogen-bond acceptors (Lipinski definition) is 4. The van der Waals surface area contributed by atoms with Crippen LogP contribution in [0.5, 0.6) is 0 Å². The summed E-state index contributed by atoms with van der Waals surface area (Å²) in [5.74, 6) is 0.308. The molecule has 0 aliphatic carbocycles. The Morgan fingerprint density at radius 3 is 2.69 bits per heavy atom. The molecule has 0 atom stereocenters. The molecule has 0 radical (unpaired) electrons. The predicted octanol–water partition coefficient (Wildman–Crippen LogP) is 2.71. The van der Waals surface area contributed by atoms with Gasteiger partial charge in [-0.2, -0.15) is 0 Å². The zero-order valence-electron chi connectivity index (χ0n) is 7.92. The summed E-state index contributed by atoms with van der Waals surface area (Å²) in [6.45, 7) is 0. The highest BCUT2D eigenvalue weighted by atomic mass is 79.9. The van der Waals surface area contributed by atoms with Crippen LogP contribution in [0.25, 0.3) is 0 Å². The van der Waals surface area contributed by atoms with E-state index in [1.807, 2.05) is 0 Å². The van der Waals surface area contributed by atoms with Gasteiger partial charge in [0.05, 0.1) is 0 Å². The smallest absolute Gasteiger partial charge is 0.263 e. The van der Waals surface area contributed by atoms with Crippen molar-refractivity contribution in [3.63, 3.8) is 0 Å². The highest BCUT2D eigenvalue weighted by Crippen LogP contribution is 2.28. The van der Waals surface area contributed by atoms with E-state index in [1.165, 1.54) is 6.20 Å². The molecule has 0 bridgehead atoms. The fourth-order valence-corrected chi connectivity index (χ4v) is 4.43. The Bertz CT molecular complexity index is 581. The van der Waals surface area contributed by atoms with Gasteiger partial charge in [0, 0.05) is 10.7 Å². The van der Waals surface area contributed by atoms with E-state index in [2.05, 4.69) is 25.6 Å². The molecule has 0 unspecified atom stereocenters. The number of nitrogens with one attached hydrogen (secondary N) is 1. The number of pyridine rings is 1. The van der Waals surface area contributed by atoms with Crippen LogP contribution in [0.3, 0.4) is 0 Å². The topological polar surface area (TPSA) is 59.1 Å². The summed E-state index contributed by atoms with van der Waals surface area (Å²) in [5, 5.41) is 1.71. The first-order valence-electron chi connectivity index (χ1n) is 4.26. The second-order valence-corrected chi connectivity index (χ2v) is 6.52. The molecule has 84 valence electrons. The first kappa shape index (κ1) is 11.6. The standard InChI is InChI=1S/C9H7BrN2O2S2/c10-7-4-6-15-9(7)16(13,14)12-8-3-1-2-5-11-8/h1-6H,(H,11,12). The van der Waals surface area contributed by atoms with Gasteiger partial charge in [-0.1, -0.05) is 6.07 Å². The van der Waals surface area contributed by atoms with Crippen molar-refractivity contribution in [3.05, 3.63) is 40.3 Å². The van der Waals surface area contributed by atoms with Crippen LogP contribution < -0.4 is 4.72 Å². The summed E-state index contributed by atoms with van der Waals surface area (Å²) in [6, 6.07) is 6.73. The number of rotatable bonds is 3. The van der Waals surface area contributed by atoms with Crippen molar-refractivity contribution in [1.29, 1.82) is 0 Å². The minimum atomic E-state index is -3.54. The lowest BCUT2D eigenvalue weighted by Gasteiger charge is -2.05. The molecule has 0 saturated carbocycles. The summed E-state index contributed by atoms with van der Waals surface area (Å²) < 4.78 is 27.0. The number of nitrogens with zero attached hydrogens (tertiary/aromatic N) is 1. The minimum Gasteiger partial charge on any atom is -0.263 e. The first-order valence-corrected chi connectivity index (χ1v) is 7.42. The molecule has 16 heavy (non-hydrogen) atoms. The van der Waals surface area contributed by atoms with Crippen molar-refractivity contribution in [1.82, 2.24) is 4.98 Å². The van der Waals surface area contributed by atoms with Gasteiger partial charge in [0.15, 0.2) is 4.21 Å². The maximum absolute atomic E-state index is 11.9. The molecule has 0 aliphatic rings. The van der Waals surface area contributed by atoms with Gasteiger partial charge in [0.2, 0.25) is 0 Å². The van der Waals surface area contributed by atoms with E-state index in [1.54, 1.807) is 29.6 Å². The Kier molecular flexibility index (Phi) is 3.27. The molecule has 0 fully saturated rings. The van der Waals surface area contributed by atoms with Crippen molar-refractivity contribution in [2.45, 2.75) is 4.21 Å². The largest absolute Gasteiger partial charge is 0.273 e. The lowest BCUT2D eigenvalue weighted by Crippen LogP contribution is -2.12. The summed E-state index contributed by atoms with van der Waals surface area (Å²) in [4.78, 5) is 3.90. The number of sulfonamides is 1. The molecule has 0 saturated heterocycles. The fraction of sp³-hybridized carbons (Fsp3) is 0. The molecule has 0 spiro atoms. The zero-order valence-corrected chi connectivity index (χ0v) is 11.1. The van der Waals surface area contributed by atoms with Crippen LogP contribution >= 0.6 is 27.3 Å². The average Bonchev–Trinajstić information content (AvgIpc) is 2.66. The fourth-order valence-electron chi connectivity index (χ4n) is 1.08. The maximum atomic E-state index is 11.9. The van der Waals surface area contributed by atoms with Crippen molar-refractivity contribution in [2.75, 3.05) is 4.72 Å². The molecule has 0 amide bonds. The molecule has 1 N–H and O–H groups in total. The zero-order chi connectivity index (χ0) is 11.6. The predicted molar refractivity (Wildman–Crippen MR) is 67.1 cm³/mol. The van der Waals surface area contributed by atoms with Gasteiger partial charge in [0.1, 0.15) is 5.82 Å². The average molecular weight is 319 g/mol. The van der Waals surface area contributed by atoms with Crippen LogP contribution in [0.4, 0.5) is 5.82 Å². The Morgan fingerprint density at radius 2 is 2.12 bits per heavy atom. The molecular formula is C9H7BrN2O2S2. The molecule has 0 aromatic carbocycles. The van der Waals surface area contributed by atoms with Crippen LogP contribution in [0.2, 0.25) is 0 Å². The highest BCUT2D eigenvalue weighted by molar-refractivity contribution is 9.10. The Labute approximate surface area is 106 Å². The van der Waals surface area contributed by atoms with Crippen molar-refractivity contribution in [3.8, 4) is 0 Å². The Morgan fingerprint density at radius 1 is 1.31 bits per heavy atom. The molecule has 4 nitrogen and oxygen atoms in total. The van der Waals surface area contributed by atoms with E-state index in [4.69, 9.17) is 0 Å². The van der Waals surface area contributed by atoms with Crippen molar-refractivity contribution >= 4 is 43.1 Å². The second-order valence-electron chi connectivity index (χ2n) is 2.88. The van der Waals surface area contributed by atoms with E-state index in [0.717, 1.165) is 11.3 Å². The molecule has 2 heterocycles. The Balaban J connectivity index is 2.32. The number of halogens is 1. The summed E-state index contributed by atoms with van der Waals surface area (Å²) in [5.41, 5.74) is 0. The van der Waals surface area contributed by atoms with E-state index in [0.29, 0.717) is 10.3 Å². The van der Waals surface area contributed by atoms with Crippen molar-refractivity contribution < 1.29 is 8.42 Å². The molecule has 2 aromatic heterocycles. The van der Waals surface area contributed by atoms with Gasteiger partial charge in [-0.25, -0.2) is 13.4 Å². The normalized spacial score (nSPS) is 11.3. The summed E-state index contributed by atoms with van der Waals surface area (Å²) in [7, 11) is -3.54. The quantitative estimate of drug-likeness (QED) is 0.946. The van der Waals surface area contributed by atoms with Crippen LogP contribution in [-0.2, 0) is 10.0 Å². The van der Waals surface area contributed by atoms with Gasteiger partial charge >= 0.3 is 0 Å². The molecular weight excluding hydrogens is 312 g/mol. The van der Waals surface area contributed by atoms with Crippen LogP contribution in [0.1, 0.15) is 0 Å². The Hall–Kier alpha value is -0.920. The number of hydrogen-bond donors (Lipinski definition) is 1. The van der Waals surface area contributed by atoms with E-state index in [-0.39, 0.29) is 4.21 Å². The molecule has 0 aliphatic heterocycles. The summed E-state index contributed by atoms with van der Waals surface area (Å²) >= 11 is 4.34. The van der Waals surface area contributed by atoms with Gasteiger partial charge in [-0.3, -0.25) is 4.72 Å². The van der Waals surface area contributed by atoms with Gasteiger partial charge < -0.3 is 0 Å². The monoisotopic (exact) mass is 318 g/mol.